The molecular weight excluding hydrogens is 467 g/mol. The van der Waals surface area contributed by atoms with Gasteiger partial charge in [0.25, 0.3) is 0 Å². The fraction of sp³-hybridized carbons (Fsp3) is 0.296. The van der Waals surface area contributed by atoms with Gasteiger partial charge >= 0.3 is 0 Å². The van der Waals surface area contributed by atoms with Gasteiger partial charge in [-0.1, -0.05) is 44.2 Å². The van der Waals surface area contributed by atoms with E-state index in [1.165, 1.54) is 6.20 Å². The maximum Gasteiger partial charge on any atom is 0.222 e. The third-order valence-electron chi connectivity index (χ3n) is 5.69. The van der Waals surface area contributed by atoms with E-state index in [9.17, 15) is 9.18 Å². The average molecular weight is 497 g/mol. The lowest BCUT2D eigenvalue weighted by molar-refractivity contribution is -0.124. The van der Waals surface area contributed by atoms with E-state index < -0.39 is 5.82 Å². The summed E-state index contributed by atoms with van der Waals surface area (Å²) < 4.78 is 20.5. The summed E-state index contributed by atoms with van der Waals surface area (Å²) in [7, 11) is 1.79. The molecule has 0 atom stereocenters. The highest BCUT2D eigenvalue weighted by atomic mass is 35.5. The largest absolute Gasteiger partial charge is 0.487 e. The number of aryl methyl sites for hydroxylation is 1. The third kappa shape index (κ3) is 5.80. The Kier molecular flexibility index (Phi) is 8.46. The molecule has 35 heavy (non-hydrogen) atoms. The number of para-hydroxylation sites is 1. The number of nitrogens with one attached hydrogen (secondary N) is 2. The maximum absolute atomic E-state index is 14.4. The molecular formula is C27H30ClFN4O2. The van der Waals surface area contributed by atoms with Gasteiger partial charge in [-0.05, 0) is 37.6 Å². The highest BCUT2D eigenvalue weighted by molar-refractivity contribution is 6.34. The quantitative estimate of drug-likeness (QED) is 0.380. The standard InChI is InChI=1S/C27H30ClFN4O2/c1-7-21(28)25(30-6)19-11-16(4)33-26-18(19)9-8-10-24(26)35-14-20-17(5)22(29)12-31-23(20)13-32-27(34)15(2)3/h7-12,15,30H,1,13-14H2,2-6H3,(H,32,34)/b25-21+. The van der Waals surface area contributed by atoms with E-state index >= 15 is 0 Å². The molecule has 2 heterocycles. The molecule has 0 fully saturated rings. The molecule has 0 spiro atoms. The lowest BCUT2D eigenvalue weighted by Gasteiger charge is -2.17. The van der Waals surface area contributed by atoms with Crippen molar-refractivity contribution in [2.45, 2.75) is 40.8 Å². The van der Waals surface area contributed by atoms with Crippen molar-refractivity contribution in [1.29, 1.82) is 0 Å². The van der Waals surface area contributed by atoms with Crippen molar-refractivity contribution in [2.24, 2.45) is 5.92 Å². The first-order chi connectivity index (χ1) is 16.7. The molecule has 0 aliphatic heterocycles. The van der Waals surface area contributed by atoms with E-state index in [2.05, 4.69) is 22.2 Å². The average Bonchev–Trinajstić information content (AvgIpc) is 2.84. The predicted molar refractivity (Wildman–Crippen MR) is 138 cm³/mol. The number of nitrogens with zero attached hydrogens (tertiary/aromatic N) is 2. The van der Waals surface area contributed by atoms with Crippen LogP contribution in [0.25, 0.3) is 16.6 Å². The van der Waals surface area contributed by atoms with Crippen LogP contribution in [0.5, 0.6) is 5.75 Å². The Morgan fingerprint density at radius 1 is 1.31 bits per heavy atom. The monoisotopic (exact) mass is 496 g/mol. The molecule has 0 aliphatic rings. The lowest BCUT2D eigenvalue weighted by Crippen LogP contribution is -2.28. The molecule has 184 valence electrons. The Morgan fingerprint density at radius 3 is 2.71 bits per heavy atom. The van der Waals surface area contributed by atoms with Crippen LogP contribution in [-0.4, -0.2) is 22.9 Å². The second kappa shape index (κ2) is 11.3. The number of halogens is 2. The number of hydrogen-bond acceptors (Lipinski definition) is 5. The second-order valence-corrected chi connectivity index (χ2v) is 8.87. The SMILES string of the molecule is C=C/C(Cl)=C(\NC)c1cc(C)nc2c(OCc3c(CNC(=O)C(C)C)ncc(F)c3C)cccc12. The predicted octanol–water partition coefficient (Wildman–Crippen LogP) is 5.55. The number of hydrogen-bond donors (Lipinski definition) is 2. The minimum Gasteiger partial charge on any atom is -0.487 e. The van der Waals surface area contributed by atoms with Gasteiger partial charge in [0, 0.05) is 35.2 Å². The number of rotatable bonds is 9. The van der Waals surface area contributed by atoms with Gasteiger partial charge in [-0.25, -0.2) is 9.37 Å². The van der Waals surface area contributed by atoms with Crippen LogP contribution in [0.2, 0.25) is 0 Å². The van der Waals surface area contributed by atoms with E-state index in [-0.39, 0.29) is 25.0 Å². The molecule has 2 N–H and O–H groups in total. The van der Waals surface area contributed by atoms with Crippen LogP contribution < -0.4 is 15.4 Å². The number of fused-ring (bicyclic) bond motifs is 1. The van der Waals surface area contributed by atoms with Crippen molar-refractivity contribution < 1.29 is 13.9 Å². The molecule has 0 radical (unpaired) electrons. The van der Waals surface area contributed by atoms with Crippen LogP contribution >= 0.6 is 11.6 Å². The van der Waals surface area contributed by atoms with E-state index in [0.717, 1.165) is 22.3 Å². The Bertz CT molecular complexity index is 1300. The maximum atomic E-state index is 14.4. The van der Waals surface area contributed by atoms with Gasteiger partial charge in [0.2, 0.25) is 5.91 Å². The van der Waals surface area contributed by atoms with Crippen molar-refractivity contribution in [3.05, 3.63) is 82.0 Å². The van der Waals surface area contributed by atoms with Crippen molar-refractivity contribution in [2.75, 3.05) is 7.05 Å². The topological polar surface area (TPSA) is 76.1 Å². The Hall–Kier alpha value is -3.45. The molecule has 8 heteroatoms. The molecule has 0 unspecified atom stereocenters. The fourth-order valence-electron chi connectivity index (χ4n) is 3.70. The molecule has 0 aliphatic carbocycles. The van der Waals surface area contributed by atoms with Gasteiger partial charge in [-0.3, -0.25) is 9.78 Å². The third-order valence-corrected chi connectivity index (χ3v) is 6.03. The van der Waals surface area contributed by atoms with Crippen molar-refractivity contribution in [3.8, 4) is 5.75 Å². The summed E-state index contributed by atoms with van der Waals surface area (Å²) in [6, 6.07) is 7.57. The molecule has 0 saturated heterocycles. The van der Waals surface area contributed by atoms with Gasteiger partial charge in [-0.2, -0.15) is 0 Å². The van der Waals surface area contributed by atoms with Crippen LogP contribution in [0.4, 0.5) is 4.39 Å². The summed E-state index contributed by atoms with van der Waals surface area (Å²) in [4.78, 5) is 21.0. The number of aromatic nitrogens is 2. The lowest BCUT2D eigenvalue weighted by atomic mass is 10.0. The van der Waals surface area contributed by atoms with E-state index in [1.807, 2.05) is 45.0 Å². The number of amides is 1. The molecule has 2 aromatic heterocycles. The molecule has 0 saturated carbocycles. The van der Waals surface area contributed by atoms with Crippen molar-refractivity contribution >= 4 is 34.1 Å². The molecule has 0 bridgehead atoms. The number of benzene rings is 1. The highest BCUT2D eigenvalue weighted by Crippen LogP contribution is 2.32. The van der Waals surface area contributed by atoms with E-state index in [1.54, 1.807) is 20.0 Å². The number of carbonyl (C=O) groups is 1. The number of ether oxygens (including phenoxy) is 1. The summed E-state index contributed by atoms with van der Waals surface area (Å²) in [6.07, 6.45) is 2.74. The van der Waals surface area contributed by atoms with Crippen LogP contribution in [0, 0.1) is 25.6 Å². The first-order valence-electron chi connectivity index (χ1n) is 11.3. The van der Waals surface area contributed by atoms with Crippen molar-refractivity contribution in [3.63, 3.8) is 0 Å². The Labute approximate surface area is 210 Å². The van der Waals surface area contributed by atoms with Crippen LogP contribution in [0.1, 0.15) is 41.9 Å². The fourth-order valence-corrected chi connectivity index (χ4v) is 3.89. The van der Waals surface area contributed by atoms with Crippen molar-refractivity contribution in [1.82, 2.24) is 20.6 Å². The van der Waals surface area contributed by atoms with Crippen LogP contribution in [-0.2, 0) is 17.9 Å². The van der Waals surface area contributed by atoms with E-state index in [0.29, 0.717) is 33.1 Å². The second-order valence-electron chi connectivity index (χ2n) is 8.46. The smallest absolute Gasteiger partial charge is 0.222 e. The number of allylic oxidation sites excluding steroid dienone is 2. The Balaban J connectivity index is 2.01. The zero-order valence-corrected chi connectivity index (χ0v) is 21.4. The first kappa shape index (κ1) is 26.2. The number of carbonyl (C=O) groups excluding carboxylic acids is 1. The molecule has 6 nitrogen and oxygen atoms in total. The first-order valence-corrected chi connectivity index (χ1v) is 11.7. The normalized spacial score (nSPS) is 11.9. The molecule has 3 rings (SSSR count). The number of pyridine rings is 2. The highest BCUT2D eigenvalue weighted by Gasteiger charge is 2.17. The summed E-state index contributed by atoms with van der Waals surface area (Å²) in [6.45, 7) is 11.2. The summed E-state index contributed by atoms with van der Waals surface area (Å²) >= 11 is 6.40. The minimum atomic E-state index is -0.431. The minimum absolute atomic E-state index is 0.0652. The van der Waals surface area contributed by atoms with E-state index in [4.69, 9.17) is 21.3 Å². The van der Waals surface area contributed by atoms with Gasteiger partial charge in [0.05, 0.1) is 29.2 Å². The Morgan fingerprint density at radius 2 is 2.06 bits per heavy atom. The van der Waals surface area contributed by atoms with Gasteiger partial charge < -0.3 is 15.4 Å². The van der Waals surface area contributed by atoms with Crippen LogP contribution in [0.3, 0.4) is 0 Å². The van der Waals surface area contributed by atoms with Gasteiger partial charge in [-0.15, -0.1) is 0 Å². The van der Waals surface area contributed by atoms with Gasteiger partial charge in [0.15, 0.2) is 0 Å². The molecule has 3 aromatic rings. The molecule has 1 aromatic carbocycles. The van der Waals surface area contributed by atoms with Crippen LogP contribution in [0.15, 0.2) is 48.1 Å². The molecule has 1 amide bonds. The zero-order valence-electron chi connectivity index (χ0n) is 20.6. The summed E-state index contributed by atoms with van der Waals surface area (Å²) in [5.41, 5.74) is 4.60. The van der Waals surface area contributed by atoms with Gasteiger partial charge in [0.1, 0.15) is 23.7 Å². The zero-order chi connectivity index (χ0) is 25.7. The summed E-state index contributed by atoms with van der Waals surface area (Å²) in [5, 5.41) is 7.31. The summed E-state index contributed by atoms with van der Waals surface area (Å²) in [5.74, 6) is -0.159.